The number of nitrogens with two attached hydrogens (primary N) is 1. The fourth-order valence-corrected chi connectivity index (χ4v) is 3.00. The minimum absolute atomic E-state index is 0.220. The van der Waals surface area contributed by atoms with Crippen molar-refractivity contribution >= 4 is 22.0 Å². The summed E-state index contributed by atoms with van der Waals surface area (Å²) in [5.74, 6) is 1.10. The van der Waals surface area contributed by atoms with Gasteiger partial charge in [0.15, 0.2) is 0 Å². The second kappa shape index (κ2) is 5.32. The van der Waals surface area contributed by atoms with Gasteiger partial charge in [0.2, 0.25) is 0 Å². The summed E-state index contributed by atoms with van der Waals surface area (Å²) < 4.78 is 23.6. The van der Waals surface area contributed by atoms with Crippen LogP contribution >= 0.6 is 11.8 Å². The van der Waals surface area contributed by atoms with Crippen LogP contribution in [-0.2, 0) is 10.2 Å². The van der Waals surface area contributed by atoms with Crippen LogP contribution in [0.25, 0.3) is 0 Å². The summed E-state index contributed by atoms with van der Waals surface area (Å²) in [6, 6.07) is 0.220. The van der Waals surface area contributed by atoms with Gasteiger partial charge < -0.3 is 5.32 Å². The van der Waals surface area contributed by atoms with Crippen LogP contribution in [0.15, 0.2) is 0 Å². The molecule has 84 valence electrons. The van der Waals surface area contributed by atoms with Crippen molar-refractivity contribution in [3.8, 4) is 0 Å². The topological polar surface area (TPSA) is 84.2 Å². The monoisotopic (exact) mass is 239 g/mol. The van der Waals surface area contributed by atoms with Crippen molar-refractivity contribution in [3.05, 3.63) is 0 Å². The Morgan fingerprint density at radius 1 is 1.64 bits per heavy atom. The molecular formula is C7H17N3O2S2. The maximum atomic E-state index is 10.6. The minimum atomic E-state index is -3.54. The summed E-state index contributed by atoms with van der Waals surface area (Å²) in [5, 5.41) is 8.70. The third kappa shape index (κ3) is 4.61. The first-order valence-corrected chi connectivity index (χ1v) is 7.23. The summed E-state index contributed by atoms with van der Waals surface area (Å²) in [7, 11) is -3.54. The van der Waals surface area contributed by atoms with E-state index in [-0.39, 0.29) is 6.04 Å². The van der Waals surface area contributed by atoms with Crippen LogP contribution in [0.3, 0.4) is 0 Å². The first-order chi connectivity index (χ1) is 6.51. The summed E-state index contributed by atoms with van der Waals surface area (Å²) in [4.78, 5) is 0. The van der Waals surface area contributed by atoms with E-state index in [0.29, 0.717) is 11.8 Å². The standard InChI is InChI=1S/C7H17N3O2S2/c1-2-13-7-3-6(9-5-7)4-10-14(8,11)12/h6-7,9-10H,2-5H2,1H3,(H2,8,11,12)/t6-,7-/m0/s1. The van der Waals surface area contributed by atoms with E-state index in [1.165, 1.54) is 0 Å². The molecule has 4 N–H and O–H groups in total. The van der Waals surface area contributed by atoms with E-state index in [1.807, 2.05) is 11.8 Å². The van der Waals surface area contributed by atoms with E-state index >= 15 is 0 Å². The van der Waals surface area contributed by atoms with E-state index < -0.39 is 10.2 Å². The molecule has 1 saturated heterocycles. The molecule has 0 amide bonds. The predicted octanol–water partition coefficient (Wildman–Crippen LogP) is -0.737. The first-order valence-electron chi connectivity index (χ1n) is 4.63. The lowest BCUT2D eigenvalue weighted by atomic mass is 10.2. The molecule has 14 heavy (non-hydrogen) atoms. The van der Waals surface area contributed by atoms with E-state index in [9.17, 15) is 8.42 Å². The maximum absolute atomic E-state index is 10.6. The van der Waals surface area contributed by atoms with Gasteiger partial charge in [-0.2, -0.15) is 20.2 Å². The Kier molecular flexibility index (Phi) is 4.65. The summed E-state index contributed by atoms with van der Waals surface area (Å²) >= 11 is 1.91. The van der Waals surface area contributed by atoms with Crippen molar-refractivity contribution in [2.24, 2.45) is 5.14 Å². The molecule has 0 aromatic rings. The zero-order valence-corrected chi connectivity index (χ0v) is 9.83. The summed E-state index contributed by atoms with van der Waals surface area (Å²) in [5.41, 5.74) is 0. The first kappa shape index (κ1) is 12.3. The molecule has 0 radical (unpaired) electrons. The molecule has 0 aromatic carbocycles. The van der Waals surface area contributed by atoms with Gasteiger partial charge in [-0.15, -0.1) is 0 Å². The Hall–Kier alpha value is 0.180. The van der Waals surface area contributed by atoms with Crippen LogP contribution in [0, 0.1) is 0 Å². The minimum Gasteiger partial charge on any atom is -0.312 e. The van der Waals surface area contributed by atoms with Crippen LogP contribution < -0.4 is 15.2 Å². The highest BCUT2D eigenvalue weighted by Crippen LogP contribution is 2.20. The van der Waals surface area contributed by atoms with E-state index in [1.54, 1.807) is 0 Å². The highest BCUT2D eigenvalue weighted by Gasteiger charge is 2.24. The smallest absolute Gasteiger partial charge is 0.274 e. The number of rotatable bonds is 5. The van der Waals surface area contributed by atoms with E-state index in [0.717, 1.165) is 18.7 Å². The maximum Gasteiger partial charge on any atom is 0.274 e. The third-order valence-corrected chi connectivity index (χ3v) is 3.85. The second-order valence-electron chi connectivity index (χ2n) is 3.31. The van der Waals surface area contributed by atoms with Crippen molar-refractivity contribution in [3.63, 3.8) is 0 Å². The lowest BCUT2D eigenvalue weighted by Gasteiger charge is -2.09. The Morgan fingerprint density at radius 3 is 2.93 bits per heavy atom. The molecule has 5 nitrogen and oxygen atoms in total. The zero-order valence-electron chi connectivity index (χ0n) is 8.19. The van der Waals surface area contributed by atoms with E-state index in [4.69, 9.17) is 5.14 Å². The zero-order chi connectivity index (χ0) is 10.6. The third-order valence-electron chi connectivity index (χ3n) is 2.11. The van der Waals surface area contributed by atoms with Gasteiger partial charge in [-0.3, -0.25) is 0 Å². The lowest BCUT2D eigenvalue weighted by molar-refractivity contribution is 0.553. The molecule has 0 aromatic heterocycles. The van der Waals surface area contributed by atoms with Crippen LogP contribution in [0.1, 0.15) is 13.3 Å². The average Bonchev–Trinajstić information content (AvgIpc) is 2.49. The van der Waals surface area contributed by atoms with Gasteiger partial charge in [0.25, 0.3) is 10.2 Å². The van der Waals surface area contributed by atoms with Gasteiger partial charge in [-0.25, -0.2) is 9.86 Å². The second-order valence-corrected chi connectivity index (χ2v) is 6.27. The predicted molar refractivity (Wildman–Crippen MR) is 59.4 cm³/mol. The molecule has 0 unspecified atom stereocenters. The SMILES string of the molecule is CCS[C@@H]1CN[C@H](CNS(N)(=O)=O)C1. The molecule has 1 rings (SSSR count). The molecule has 1 heterocycles. The van der Waals surface area contributed by atoms with Gasteiger partial charge in [-0.05, 0) is 12.2 Å². The molecule has 0 spiro atoms. The number of thioether (sulfide) groups is 1. The molecule has 1 aliphatic rings. The van der Waals surface area contributed by atoms with Crippen LogP contribution in [0.5, 0.6) is 0 Å². The largest absolute Gasteiger partial charge is 0.312 e. The Labute approximate surface area is 89.4 Å². The number of hydrogen-bond donors (Lipinski definition) is 3. The molecule has 0 aliphatic carbocycles. The highest BCUT2D eigenvalue weighted by atomic mass is 32.2. The molecule has 0 bridgehead atoms. The fraction of sp³-hybridized carbons (Fsp3) is 1.00. The molecule has 1 fully saturated rings. The van der Waals surface area contributed by atoms with Crippen LogP contribution in [0.2, 0.25) is 0 Å². The normalized spacial score (nSPS) is 28.1. The van der Waals surface area contributed by atoms with Gasteiger partial charge in [0, 0.05) is 24.4 Å². The number of hydrogen-bond acceptors (Lipinski definition) is 4. The molecule has 7 heteroatoms. The molecule has 2 atom stereocenters. The fourth-order valence-electron chi connectivity index (χ4n) is 1.52. The molecule has 0 saturated carbocycles. The molecule has 1 aliphatic heterocycles. The van der Waals surface area contributed by atoms with Gasteiger partial charge in [-0.1, -0.05) is 6.92 Å². The van der Waals surface area contributed by atoms with Crippen molar-refractivity contribution in [2.75, 3.05) is 18.8 Å². The van der Waals surface area contributed by atoms with Gasteiger partial charge in [0.05, 0.1) is 0 Å². The average molecular weight is 239 g/mol. The van der Waals surface area contributed by atoms with Crippen molar-refractivity contribution in [1.29, 1.82) is 0 Å². The van der Waals surface area contributed by atoms with Crippen LogP contribution in [-0.4, -0.2) is 38.6 Å². The highest BCUT2D eigenvalue weighted by molar-refractivity contribution is 7.99. The number of nitrogens with one attached hydrogen (secondary N) is 2. The quantitative estimate of drug-likeness (QED) is 0.590. The Balaban J connectivity index is 2.23. The Morgan fingerprint density at radius 2 is 2.36 bits per heavy atom. The summed E-state index contributed by atoms with van der Waals surface area (Å²) in [6.45, 7) is 3.47. The van der Waals surface area contributed by atoms with E-state index in [2.05, 4.69) is 17.0 Å². The van der Waals surface area contributed by atoms with Crippen molar-refractivity contribution in [2.45, 2.75) is 24.6 Å². The van der Waals surface area contributed by atoms with Gasteiger partial charge >= 0.3 is 0 Å². The molecular weight excluding hydrogens is 222 g/mol. The van der Waals surface area contributed by atoms with Crippen molar-refractivity contribution in [1.82, 2.24) is 10.0 Å². The lowest BCUT2D eigenvalue weighted by Crippen LogP contribution is -2.40. The summed E-state index contributed by atoms with van der Waals surface area (Å²) in [6.07, 6.45) is 1.00. The Bertz CT molecular complexity index is 268. The van der Waals surface area contributed by atoms with Crippen LogP contribution in [0.4, 0.5) is 0 Å². The van der Waals surface area contributed by atoms with Gasteiger partial charge in [0.1, 0.15) is 0 Å². The van der Waals surface area contributed by atoms with Crippen molar-refractivity contribution < 1.29 is 8.42 Å².